The number of ether oxygens (including phenoxy) is 1. The number of hydrogen-bond donors (Lipinski definition) is 1. The van der Waals surface area contributed by atoms with Crippen LogP contribution in [0.1, 0.15) is 48.0 Å². The second-order valence-electron chi connectivity index (χ2n) is 5.75. The molecule has 1 N–H and O–H groups in total. The molecule has 0 saturated carbocycles. The molecule has 2 heteroatoms. The van der Waals surface area contributed by atoms with Crippen molar-refractivity contribution in [3.63, 3.8) is 0 Å². The lowest BCUT2D eigenvalue weighted by atomic mass is 9.84. The molecule has 2 unspecified atom stereocenters. The largest absolute Gasteiger partial charge is 0.379 e. The van der Waals surface area contributed by atoms with Gasteiger partial charge in [0.25, 0.3) is 0 Å². The lowest BCUT2D eigenvalue weighted by molar-refractivity contribution is 0.000108. The van der Waals surface area contributed by atoms with Crippen LogP contribution < -0.4 is 5.32 Å². The molecule has 0 aliphatic rings. The molecule has 0 radical (unpaired) electrons. The van der Waals surface area contributed by atoms with Gasteiger partial charge < -0.3 is 10.1 Å². The van der Waals surface area contributed by atoms with Crippen molar-refractivity contribution in [2.75, 3.05) is 13.7 Å². The van der Waals surface area contributed by atoms with Gasteiger partial charge in [0, 0.05) is 7.11 Å². The van der Waals surface area contributed by atoms with Gasteiger partial charge in [-0.3, -0.25) is 0 Å². The molecule has 2 nitrogen and oxygen atoms in total. The maximum absolute atomic E-state index is 5.67. The predicted molar refractivity (Wildman–Crippen MR) is 71.8 cm³/mol. The third-order valence-corrected chi connectivity index (χ3v) is 2.58. The summed E-state index contributed by atoms with van der Waals surface area (Å²) in [6.07, 6.45) is 3.62. The van der Waals surface area contributed by atoms with Crippen LogP contribution >= 0.6 is 0 Å². The quantitative estimate of drug-likeness (QED) is 0.702. The topological polar surface area (TPSA) is 21.3 Å². The summed E-state index contributed by atoms with van der Waals surface area (Å²) >= 11 is 0. The maximum atomic E-state index is 5.67. The molecule has 0 fully saturated rings. The number of nitrogens with one attached hydrogen (secondary N) is 1. The van der Waals surface area contributed by atoms with Crippen molar-refractivity contribution in [1.29, 1.82) is 0 Å². The highest BCUT2D eigenvalue weighted by Crippen LogP contribution is 2.25. The minimum atomic E-state index is 0.145. The van der Waals surface area contributed by atoms with Gasteiger partial charge in [-0.2, -0.15) is 0 Å². The summed E-state index contributed by atoms with van der Waals surface area (Å²) in [5.41, 5.74) is 1.48. The zero-order valence-electron chi connectivity index (χ0n) is 12.1. The van der Waals surface area contributed by atoms with Gasteiger partial charge in [-0.1, -0.05) is 39.3 Å². The smallest absolute Gasteiger partial charge is 0.0808 e. The number of rotatable bonds is 6. The van der Waals surface area contributed by atoms with E-state index in [-0.39, 0.29) is 11.5 Å². The molecule has 0 bridgehead atoms. The van der Waals surface area contributed by atoms with E-state index in [4.69, 9.17) is 4.74 Å². The highest BCUT2D eigenvalue weighted by Gasteiger charge is 2.30. The Kier molecular flexibility index (Phi) is 6.93. The van der Waals surface area contributed by atoms with Crippen molar-refractivity contribution < 1.29 is 4.74 Å². The second-order valence-corrected chi connectivity index (χ2v) is 5.75. The van der Waals surface area contributed by atoms with Gasteiger partial charge in [0.1, 0.15) is 0 Å². The molecule has 0 aromatic carbocycles. The van der Waals surface area contributed by atoms with E-state index in [1.54, 1.807) is 7.11 Å². The average molecular weight is 227 g/mol. The molecule has 16 heavy (non-hydrogen) atoms. The molecule has 0 aromatic heterocycles. The van der Waals surface area contributed by atoms with E-state index in [9.17, 15) is 0 Å². The Morgan fingerprint density at radius 1 is 1.31 bits per heavy atom. The van der Waals surface area contributed by atoms with Gasteiger partial charge >= 0.3 is 0 Å². The highest BCUT2D eigenvalue weighted by atomic mass is 16.5. The fourth-order valence-electron chi connectivity index (χ4n) is 1.96. The van der Waals surface area contributed by atoms with Crippen LogP contribution in [0.3, 0.4) is 0 Å². The van der Waals surface area contributed by atoms with Crippen LogP contribution in [0.25, 0.3) is 0 Å². The number of allylic oxidation sites excluding steroid dienone is 1. The van der Waals surface area contributed by atoms with Crippen molar-refractivity contribution in [3.05, 3.63) is 11.6 Å². The zero-order chi connectivity index (χ0) is 12.8. The van der Waals surface area contributed by atoms with Crippen molar-refractivity contribution in [1.82, 2.24) is 5.32 Å². The SMILES string of the molecule is CCCNC(C=C(C)C)C(OC)C(C)(C)C. The van der Waals surface area contributed by atoms with Gasteiger partial charge in [0.2, 0.25) is 0 Å². The van der Waals surface area contributed by atoms with Crippen LogP contribution in [-0.2, 0) is 4.74 Å². The molecule has 96 valence electrons. The first kappa shape index (κ1) is 15.7. The van der Waals surface area contributed by atoms with Crippen molar-refractivity contribution in [3.8, 4) is 0 Å². The Morgan fingerprint density at radius 2 is 1.88 bits per heavy atom. The van der Waals surface area contributed by atoms with E-state index in [2.05, 4.69) is 52.9 Å². The van der Waals surface area contributed by atoms with Gasteiger partial charge in [0.15, 0.2) is 0 Å². The summed E-state index contributed by atoms with van der Waals surface area (Å²) in [7, 11) is 1.80. The van der Waals surface area contributed by atoms with E-state index < -0.39 is 0 Å². The summed E-state index contributed by atoms with van der Waals surface area (Å²) in [4.78, 5) is 0. The van der Waals surface area contributed by atoms with Crippen molar-refractivity contribution >= 4 is 0 Å². The van der Waals surface area contributed by atoms with Gasteiger partial charge in [-0.15, -0.1) is 0 Å². The molecule has 0 rings (SSSR count). The Balaban J connectivity index is 4.76. The van der Waals surface area contributed by atoms with Gasteiger partial charge in [-0.25, -0.2) is 0 Å². The van der Waals surface area contributed by atoms with Gasteiger partial charge in [-0.05, 0) is 32.2 Å². The summed E-state index contributed by atoms with van der Waals surface area (Å²) < 4.78 is 5.67. The van der Waals surface area contributed by atoms with Crippen molar-refractivity contribution in [2.24, 2.45) is 5.41 Å². The molecular weight excluding hydrogens is 198 g/mol. The monoisotopic (exact) mass is 227 g/mol. The van der Waals surface area contributed by atoms with E-state index in [1.807, 2.05) is 0 Å². The Labute approximate surface area is 101 Å². The number of methoxy groups -OCH3 is 1. The maximum Gasteiger partial charge on any atom is 0.0808 e. The summed E-state index contributed by atoms with van der Waals surface area (Å²) in [6, 6.07) is 0.301. The molecule has 0 aliphatic carbocycles. The fraction of sp³-hybridized carbons (Fsp3) is 0.857. The molecule has 0 amide bonds. The van der Waals surface area contributed by atoms with Crippen LogP contribution in [-0.4, -0.2) is 25.8 Å². The molecular formula is C14H29NO. The van der Waals surface area contributed by atoms with Crippen LogP contribution in [0.2, 0.25) is 0 Å². The number of hydrogen-bond acceptors (Lipinski definition) is 2. The van der Waals surface area contributed by atoms with Crippen LogP contribution in [0.5, 0.6) is 0 Å². The highest BCUT2D eigenvalue weighted by molar-refractivity contribution is 5.06. The van der Waals surface area contributed by atoms with Crippen LogP contribution in [0.15, 0.2) is 11.6 Å². The van der Waals surface area contributed by atoms with Crippen LogP contribution in [0.4, 0.5) is 0 Å². The lowest BCUT2D eigenvalue weighted by Gasteiger charge is -2.35. The van der Waals surface area contributed by atoms with Gasteiger partial charge in [0.05, 0.1) is 12.1 Å². The molecule has 0 spiro atoms. The normalized spacial score (nSPS) is 15.7. The summed E-state index contributed by atoms with van der Waals surface area (Å²) in [5.74, 6) is 0. The molecule has 0 heterocycles. The van der Waals surface area contributed by atoms with E-state index in [0.29, 0.717) is 6.04 Å². The predicted octanol–water partition coefficient (Wildman–Crippen LogP) is 3.38. The summed E-state index contributed by atoms with van der Waals surface area (Å²) in [5, 5.41) is 3.56. The third-order valence-electron chi connectivity index (χ3n) is 2.58. The molecule has 0 aromatic rings. The molecule has 2 atom stereocenters. The second kappa shape index (κ2) is 7.08. The first-order chi connectivity index (χ1) is 7.32. The molecule has 0 aliphatic heterocycles. The third kappa shape index (κ3) is 5.66. The van der Waals surface area contributed by atoms with E-state index in [0.717, 1.165) is 13.0 Å². The minimum Gasteiger partial charge on any atom is -0.379 e. The minimum absolute atomic E-state index is 0.145. The van der Waals surface area contributed by atoms with Crippen molar-refractivity contribution in [2.45, 2.75) is 60.1 Å². The average Bonchev–Trinajstić information content (AvgIpc) is 2.11. The first-order valence-corrected chi connectivity index (χ1v) is 6.24. The lowest BCUT2D eigenvalue weighted by Crippen LogP contribution is -2.47. The summed E-state index contributed by atoms with van der Waals surface area (Å²) in [6.45, 7) is 14.2. The fourth-order valence-corrected chi connectivity index (χ4v) is 1.96. The van der Waals surface area contributed by atoms with E-state index in [1.165, 1.54) is 5.57 Å². The standard InChI is InChI=1S/C14H29NO/c1-8-9-15-12(10-11(2)3)13(16-7)14(4,5)6/h10,12-13,15H,8-9H2,1-7H3. The Hall–Kier alpha value is -0.340. The zero-order valence-corrected chi connectivity index (χ0v) is 12.1. The first-order valence-electron chi connectivity index (χ1n) is 6.24. The van der Waals surface area contributed by atoms with Crippen LogP contribution in [0, 0.1) is 5.41 Å². The Morgan fingerprint density at radius 3 is 2.19 bits per heavy atom. The Bertz CT molecular complexity index is 211. The molecule has 0 saturated heterocycles. The van der Waals surface area contributed by atoms with E-state index >= 15 is 0 Å².